The van der Waals surface area contributed by atoms with Crippen molar-refractivity contribution in [3.63, 3.8) is 0 Å². The number of para-hydroxylation sites is 1. The van der Waals surface area contributed by atoms with Crippen LogP contribution in [0.15, 0.2) is 36.4 Å². The van der Waals surface area contributed by atoms with Gasteiger partial charge in [-0.2, -0.15) is 0 Å². The average Bonchev–Trinajstić information content (AvgIpc) is 2.82. The maximum atomic E-state index is 13.5. The number of amides is 1. The number of carboxylic acid groups (broad SMARTS) is 1. The minimum atomic E-state index is -1.04. The highest BCUT2D eigenvalue weighted by Gasteiger charge is 2.38. The van der Waals surface area contributed by atoms with Gasteiger partial charge in [-0.15, -0.1) is 0 Å². The summed E-state index contributed by atoms with van der Waals surface area (Å²) in [6, 6.07) is 11.1. The molecule has 0 aliphatic carbocycles. The summed E-state index contributed by atoms with van der Waals surface area (Å²) in [6.07, 6.45) is 0.617. The minimum Gasteiger partial charge on any atom is -0.493 e. The summed E-state index contributed by atoms with van der Waals surface area (Å²) in [7, 11) is 3.14. The summed E-state index contributed by atoms with van der Waals surface area (Å²) in [5, 5.41) is 10.0. The van der Waals surface area contributed by atoms with Crippen LogP contribution >= 0.6 is 11.6 Å². The van der Waals surface area contributed by atoms with Crippen LogP contribution in [0.1, 0.15) is 48.8 Å². The van der Waals surface area contributed by atoms with Crippen molar-refractivity contribution in [3.05, 3.63) is 58.1 Å². The van der Waals surface area contributed by atoms with Crippen molar-refractivity contribution in [2.75, 3.05) is 27.3 Å². The molecule has 0 fully saturated rings. The van der Waals surface area contributed by atoms with Crippen LogP contribution in [0.25, 0.3) is 0 Å². The van der Waals surface area contributed by atoms with Gasteiger partial charge in [0.2, 0.25) is 5.91 Å². The fourth-order valence-corrected chi connectivity index (χ4v) is 4.56. The number of halogens is 1. The average molecular weight is 446 g/mol. The van der Waals surface area contributed by atoms with Gasteiger partial charge in [0.1, 0.15) is 6.54 Å². The Kier molecular flexibility index (Phi) is 7.11. The lowest BCUT2D eigenvalue weighted by Gasteiger charge is -2.26. The van der Waals surface area contributed by atoms with Gasteiger partial charge in [-0.3, -0.25) is 9.59 Å². The molecular formula is C24H28ClNO5. The number of carboxylic acids is 1. The van der Waals surface area contributed by atoms with Gasteiger partial charge in [-0.1, -0.05) is 43.6 Å². The van der Waals surface area contributed by atoms with Crippen molar-refractivity contribution < 1.29 is 24.2 Å². The number of methoxy groups -OCH3 is 2. The summed E-state index contributed by atoms with van der Waals surface area (Å²) >= 11 is 6.38. The molecule has 2 aromatic rings. The van der Waals surface area contributed by atoms with Crippen LogP contribution in [-0.4, -0.2) is 49.2 Å². The lowest BCUT2D eigenvalue weighted by Crippen LogP contribution is -2.39. The quantitative estimate of drug-likeness (QED) is 0.676. The number of ether oxygens (including phenoxy) is 2. The van der Waals surface area contributed by atoms with Crippen molar-refractivity contribution in [3.8, 4) is 11.5 Å². The second-order valence-electron chi connectivity index (χ2n) is 8.20. The molecule has 2 atom stereocenters. The van der Waals surface area contributed by atoms with E-state index in [4.69, 9.17) is 21.1 Å². The number of carbonyl (C=O) groups is 2. The molecule has 0 bridgehead atoms. The third-order valence-electron chi connectivity index (χ3n) is 5.65. The van der Waals surface area contributed by atoms with Gasteiger partial charge in [0.05, 0.1) is 20.1 Å². The van der Waals surface area contributed by atoms with Crippen LogP contribution in [0.5, 0.6) is 11.5 Å². The molecule has 166 valence electrons. The highest BCUT2D eigenvalue weighted by atomic mass is 35.5. The van der Waals surface area contributed by atoms with E-state index in [0.29, 0.717) is 22.9 Å². The standard InChI is InChI=1S/C24H28ClNO5/c1-14(2)10-19-16-9-8-15(25)11-18(16)20(12-26(24(19)29)13-22(27)28)17-6-5-7-21(30-3)23(17)31-4/h5-9,11,14,19-20H,10,12-13H2,1-4H3,(H,27,28)/t19-,20-/m1/s1. The van der Waals surface area contributed by atoms with Gasteiger partial charge < -0.3 is 19.5 Å². The van der Waals surface area contributed by atoms with Crippen LogP contribution in [-0.2, 0) is 9.59 Å². The Balaban J connectivity index is 2.25. The molecule has 7 heteroatoms. The molecule has 0 saturated carbocycles. The zero-order valence-corrected chi connectivity index (χ0v) is 19.0. The molecule has 31 heavy (non-hydrogen) atoms. The first-order valence-corrected chi connectivity index (χ1v) is 10.6. The molecular weight excluding hydrogens is 418 g/mol. The van der Waals surface area contributed by atoms with E-state index >= 15 is 0 Å². The minimum absolute atomic E-state index is 0.177. The maximum absolute atomic E-state index is 13.5. The number of nitrogens with zero attached hydrogens (tertiary/aromatic N) is 1. The molecule has 0 unspecified atom stereocenters. The summed E-state index contributed by atoms with van der Waals surface area (Å²) in [4.78, 5) is 26.5. The molecule has 0 aromatic heterocycles. The van der Waals surface area contributed by atoms with Gasteiger partial charge in [0.15, 0.2) is 11.5 Å². The van der Waals surface area contributed by atoms with Crippen LogP contribution < -0.4 is 9.47 Å². The second kappa shape index (κ2) is 9.60. The molecule has 1 heterocycles. The Morgan fingerprint density at radius 2 is 1.90 bits per heavy atom. The predicted octanol–water partition coefficient (Wildman–Crippen LogP) is 4.55. The molecule has 1 amide bonds. The number of benzene rings is 2. The van der Waals surface area contributed by atoms with Crippen LogP contribution in [0.3, 0.4) is 0 Å². The Hall–Kier alpha value is -2.73. The van der Waals surface area contributed by atoms with Gasteiger partial charge in [0.25, 0.3) is 0 Å². The van der Waals surface area contributed by atoms with E-state index in [2.05, 4.69) is 13.8 Å². The van der Waals surface area contributed by atoms with E-state index < -0.39 is 11.9 Å². The normalized spacial score (nSPS) is 18.5. The van der Waals surface area contributed by atoms with Gasteiger partial charge in [0, 0.05) is 23.0 Å². The molecule has 3 rings (SSSR count). The van der Waals surface area contributed by atoms with E-state index in [1.165, 1.54) is 4.90 Å². The third kappa shape index (κ3) is 4.79. The molecule has 0 radical (unpaired) electrons. The monoisotopic (exact) mass is 445 g/mol. The second-order valence-corrected chi connectivity index (χ2v) is 8.64. The predicted molar refractivity (Wildman–Crippen MR) is 119 cm³/mol. The van der Waals surface area contributed by atoms with E-state index in [1.807, 2.05) is 24.3 Å². The smallest absolute Gasteiger partial charge is 0.323 e. The number of hydrogen-bond acceptors (Lipinski definition) is 4. The van der Waals surface area contributed by atoms with Gasteiger partial charge >= 0.3 is 5.97 Å². The molecule has 0 spiro atoms. The summed E-state index contributed by atoms with van der Waals surface area (Å²) in [5.41, 5.74) is 2.61. The van der Waals surface area contributed by atoms with E-state index in [9.17, 15) is 14.7 Å². The van der Waals surface area contributed by atoms with Crippen molar-refractivity contribution in [1.82, 2.24) is 4.90 Å². The fourth-order valence-electron chi connectivity index (χ4n) is 4.38. The first-order chi connectivity index (χ1) is 14.8. The summed E-state index contributed by atoms with van der Waals surface area (Å²) in [6.45, 7) is 3.95. The third-order valence-corrected chi connectivity index (χ3v) is 5.89. The lowest BCUT2D eigenvalue weighted by molar-refractivity contribution is -0.145. The van der Waals surface area contributed by atoms with E-state index in [-0.39, 0.29) is 30.8 Å². The SMILES string of the molecule is COc1cccc([C@H]2CN(CC(=O)O)C(=O)[C@H](CC(C)C)c3ccc(Cl)cc32)c1OC. The lowest BCUT2D eigenvalue weighted by atomic mass is 9.82. The summed E-state index contributed by atoms with van der Waals surface area (Å²) < 4.78 is 11.1. The first kappa shape index (κ1) is 22.9. The fraction of sp³-hybridized carbons (Fsp3) is 0.417. The molecule has 1 N–H and O–H groups in total. The summed E-state index contributed by atoms with van der Waals surface area (Å²) in [5.74, 6) is -0.589. The molecule has 1 aliphatic heterocycles. The number of fused-ring (bicyclic) bond motifs is 1. The van der Waals surface area contributed by atoms with Crippen molar-refractivity contribution in [2.45, 2.75) is 32.1 Å². The van der Waals surface area contributed by atoms with Crippen LogP contribution in [0.4, 0.5) is 0 Å². The van der Waals surface area contributed by atoms with Crippen molar-refractivity contribution in [2.24, 2.45) is 5.92 Å². The number of rotatable bonds is 7. The highest BCUT2D eigenvalue weighted by Crippen LogP contribution is 2.44. The van der Waals surface area contributed by atoms with E-state index in [1.54, 1.807) is 26.4 Å². The van der Waals surface area contributed by atoms with Gasteiger partial charge in [-0.05, 0) is 41.7 Å². The molecule has 1 aliphatic rings. The van der Waals surface area contributed by atoms with Crippen molar-refractivity contribution >= 4 is 23.5 Å². The zero-order valence-electron chi connectivity index (χ0n) is 18.2. The Morgan fingerprint density at radius 3 is 2.52 bits per heavy atom. The Labute approximate surface area is 187 Å². The Bertz CT molecular complexity index is 974. The first-order valence-electron chi connectivity index (χ1n) is 10.3. The van der Waals surface area contributed by atoms with Crippen molar-refractivity contribution in [1.29, 1.82) is 0 Å². The molecule has 6 nitrogen and oxygen atoms in total. The number of aliphatic carboxylic acids is 1. The highest BCUT2D eigenvalue weighted by molar-refractivity contribution is 6.30. The number of carbonyl (C=O) groups excluding carboxylic acids is 1. The molecule has 2 aromatic carbocycles. The van der Waals surface area contributed by atoms with Gasteiger partial charge in [-0.25, -0.2) is 0 Å². The number of hydrogen-bond donors (Lipinski definition) is 1. The zero-order chi connectivity index (χ0) is 22.7. The topological polar surface area (TPSA) is 76.1 Å². The largest absolute Gasteiger partial charge is 0.493 e. The Morgan fingerprint density at radius 1 is 1.16 bits per heavy atom. The molecule has 0 saturated heterocycles. The van der Waals surface area contributed by atoms with Crippen LogP contribution in [0, 0.1) is 5.92 Å². The van der Waals surface area contributed by atoms with Crippen LogP contribution in [0.2, 0.25) is 5.02 Å². The van der Waals surface area contributed by atoms with E-state index in [0.717, 1.165) is 16.7 Å². The maximum Gasteiger partial charge on any atom is 0.323 e.